The van der Waals surface area contributed by atoms with Crippen LogP contribution in [-0.2, 0) is 19.6 Å². The van der Waals surface area contributed by atoms with Crippen LogP contribution < -0.4 is 0 Å². The van der Waals surface area contributed by atoms with Crippen molar-refractivity contribution < 1.29 is 17.9 Å². The number of aromatic nitrogens is 1. The van der Waals surface area contributed by atoms with Gasteiger partial charge in [-0.05, 0) is 25.0 Å². The number of ether oxygens (including phenoxy) is 1. The zero-order valence-corrected chi connectivity index (χ0v) is 11.8. The van der Waals surface area contributed by atoms with Crippen LogP contribution in [0.15, 0.2) is 23.2 Å². The summed E-state index contributed by atoms with van der Waals surface area (Å²) >= 11 is 5.82. The third kappa shape index (κ3) is 2.58. The maximum Gasteiger partial charge on any atom is 0.324 e. The molecule has 0 saturated carbocycles. The van der Waals surface area contributed by atoms with Crippen LogP contribution in [0.25, 0.3) is 0 Å². The standard InChI is InChI=1S/C11H13ClN2O4S/c1-18-11(15)8-4-3-7-14(8)19(16,17)9-5-2-6-13-10(9)12/h2,5-6,8H,3-4,7H2,1H3. The Kier molecular flexibility index (Phi) is 4.07. The van der Waals surface area contributed by atoms with E-state index in [0.717, 1.165) is 4.31 Å². The number of pyridine rings is 1. The van der Waals surface area contributed by atoms with Crippen LogP contribution in [0.1, 0.15) is 12.8 Å². The number of nitrogens with zero attached hydrogens (tertiary/aromatic N) is 2. The second-order valence-electron chi connectivity index (χ2n) is 4.09. The number of methoxy groups -OCH3 is 1. The molecule has 2 heterocycles. The van der Waals surface area contributed by atoms with Gasteiger partial charge in [-0.3, -0.25) is 4.79 Å². The first-order valence-electron chi connectivity index (χ1n) is 5.68. The fourth-order valence-electron chi connectivity index (χ4n) is 2.09. The summed E-state index contributed by atoms with van der Waals surface area (Å²) in [5, 5.41) is -0.0991. The van der Waals surface area contributed by atoms with E-state index in [1.165, 1.54) is 25.4 Å². The summed E-state index contributed by atoms with van der Waals surface area (Å²) in [6, 6.07) is 2.07. The van der Waals surface area contributed by atoms with Crippen molar-refractivity contribution in [1.82, 2.24) is 9.29 Å². The van der Waals surface area contributed by atoms with Gasteiger partial charge in [0.25, 0.3) is 0 Å². The van der Waals surface area contributed by atoms with Crippen molar-refractivity contribution in [3.63, 3.8) is 0 Å². The van der Waals surface area contributed by atoms with Gasteiger partial charge in [0, 0.05) is 12.7 Å². The molecule has 0 aliphatic carbocycles. The molecule has 1 unspecified atom stereocenters. The van der Waals surface area contributed by atoms with Crippen LogP contribution >= 0.6 is 11.6 Å². The number of sulfonamides is 1. The van der Waals surface area contributed by atoms with Crippen molar-refractivity contribution in [3.05, 3.63) is 23.5 Å². The number of hydrogen-bond donors (Lipinski definition) is 0. The minimum Gasteiger partial charge on any atom is -0.468 e. The van der Waals surface area contributed by atoms with Gasteiger partial charge in [0.2, 0.25) is 10.0 Å². The Morgan fingerprint density at radius 3 is 2.95 bits per heavy atom. The van der Waals surface area contributed by atoms with Crippen molar-refractivity contribution in [1.29, 1.82) is 0 Å². The molecule has 1 fully saturated rings. The quantitative estimate of drug-likeness (QED) is 0.616. The van der Waals surface area contributed by atoms with Crippen LogP contribution in [0.3, 0.4) is 0 Å². The van der Waals surface area contributed by atoms with Gasteiger partial charge in [0.1, 0.15) is 16.1 Å². The maximum absolute atomic E-state index is 12.5. The van der Waals surface area contributed by atoms with Gasteiger partial charge in [0.05, 0.1) is 7.11 Å². The van der Waals surface area contributed by atoms with E-state index >= 15 is 0 Å². The molecule has 19 heavy (non-hydrogen) atoms. The molecule has 0 spiro atoms. The average molecular weight is 305 g/mol. The summed E-state index contributed by atoms with van der Waals surface area (Å²) in [5.41, 5.74) is 0. The van der Waals surface area contributed by atoms with E-state index in [0.29, 0.717) is 12.8 Å². The highest BCUT2D eigenvalue weighted by molar-refractivity contribution is 7.89. The number of hydrogen-bond acceptors (Lipinski definition) is 5. The number of carbonyl (C=O) groups excluding carboxylic acids is 1. The van der Waals surface area contributed by atoms with E-state index in [1.807, 2.05) is 0 Å². The lowest BCUT2D eigenvalue weighted by Crippen LogP contribution is -2.41. The monoisotopic (exact) mass is 304 g/mol. The summed E-state index contributed by atoms with van der Waals surface area (Å²) in [6.07, 6.45) is 2.46. The van der Waals surface area contributed by atoms with Crippen molar-refractivity contribution in [3.8, 4) is 0 Å². The highest BCUT2D eigenvalue weighted by Crippen LogP contribution is 2.29. The smallest absolute Gasteiger partial charge is 0.324 e. The predicted octanol–water partition coefficient (Wildman–Crippen LogP) is 1.06. The number of esters is 1. The Bertz CT molecular complexity index is 590. The molecular formula is C11H13ClN2O4S. The van der Waals surface area contributed by atoms with E-state index in [-0.39, 0.29) is 16.6 Å². The highest BCUT2D eigenvalue weighted by Gasteiger charge is 2.40. The van der Waals surface area contributed by atoms with E-state index in [9.17, 15) is 13.2 Å². The molecule has 1 atom stereocenters. The Hall–Kier alpha value is -1.18. The summed E-state index contributed by atoms with van der Waals surface area (Å²) < 4.78 is 30.7. The second-order valence-corrected chi connectivity index (χ2v) is 6.31. The van der Waals surface area contributed by atoms with Crippen LogP contribution in [0.5, 0.6) is 0 Å². The Morgan fingerprint density at radius 1 is 1.58 bits per heavy atom. The lowest BCUT2D eigenvalue weighted by Gasteiger charge is -2.22. The molecule has 0 aromatic carbocycles. The fraction of sp³-hybridized carbons (Fsp3) is 0.455. The molecule has 1 aliphatic rings. The number of rotatable bonds is 3. The van der Waals surface area contributed by atoms with E-state index in [1.54, 1.807) is 0 Å². The molecular weight excluding hydrogens is 292 g/mol. The summed E-state index contributed by atoms with van der Waals surface area (Å²) in [5.74, 6) is -0.555. The van der Waals surface area contributed by atoms with Crippen molar-refractivity contribution in [2.45, 2.75) is 23.8 Å². The van der Waals surface area contributed by atoms with Gasteiger partial charge in [-0.1, -0.05) is 11.6 Å². The number of carbonyl (C=O) groups is 1. The van der Waals surface area contributed by atoms with E-state index in [4.69, 9.17) is 11.6 Å². The van der Waals surface area contributed by atoms with Crippen molar-refractivity contribution in [2.24, 2.45) is 0 Å². The lowest BCUT2D eigenvalue weighted by molar-refractivity contribution is -0.144. The second kappa shape index (κ2) is 5.44. The fourth-order valence-corrected chi connectivity index (χ4v) is 4.17. The minimum atomic E-state index is -3.84. The van der Waals surface area contributed by atoms with Crippen LogP contribution in [0, 0.1) is 0 Å². The molecule has 6 nitrogen and oxygen atoms in total. The third-order valence-electron chi connectivity index (χ3n) is 2.99. The summed E-state index contributed by atoms with van der Waals surface area (Å²) in [7, 11) is -2.60. The number of halogens is 1. The Balaban J connectivity index is 2.40. The van der Waals surface area contributed by atoms with Crippen molar-refractivity contribution in [2.75, 3.05) is 13.7 Å². The molecule has 104 valence electrons. The zero-order valence-electron chi connectivity index (χ0n) is 10.2. The first kappa shape index (κ1) is 14.2. The molecule has 1 aromatic heterocycles. The molecule has 8 heteroatoms. The van der Waals surface area contributed by atoms with Crippen LogP contribution in [-0.4, -0.2) is 43.4 Å². The zero-order chi connectivity index (χ0) is 14.0. The topological polar surface area (TPSA) is 76.6 Å². The molecule has 1 saturated heterocycles. The van der Waals surface area contributed by atoms with Crippen LogP contribution in [0.4, 0.5) is 0 Å². The molecule has 1 aliphatic heterocycles. The Morgan fingerprint density at radius 2 is 2.32 bits per heavy atom. The molecule has 0 N–H and O–H groups in total. The van der Waals surface area contributed by atoms with Gasteiger partial charge in [0.15, 0.2) is 0 Å². The van der Waals surface area contributed by atoms with Crippen molar-refractivity contribution >= 4 is 27.6 Å². The average Bonchev–Trinajstić information content (AvgIpc) is 2.88. The van der Waals surface area contributed by atoms with E-state index in [2.05, 4.69) is 9.72 Å². The predicted molar refractivity (Wildman–Crippen MR) is 68.2 cm³/mol. The van der Waals surface area contributed by atoms with Crippen LogP contribution in [0.2, 0.25) is 5.15 Å². The Labute approximate surface area is 116 Å². The largest absolute Gasteiger partial charge is 0.468 e. The van der Waals surface area contributed by atoms with Gasteiger partial charge < -0.3 is 4.74 Å². The minimum absolute atomic E-state index is 0.0903. The lowest BCUT2D eigenvalue weighted by atomic mass is 10.2. The van der Waals surface area contributed by atoms with Gasteiger partial charge >= 0.3 is 5.97 Å². The molecule has 0 bridgehead atoms. The SMILES string of the molecule is COC(=O)C1CCCN1S(=O)(=O)c1cccnc1Cl. The summed E-state index contributed by atoms with van der Waals surface area (Å²) in [4.78, 5) is 15.3. The maximum atomic E-state index is 12.5. The molecule has 2 rings (SSSR count). The molecule has 1 aromatic rings. The molecule has 0 radical (unpaired) electrons. The summed E-state index contributed by atoms with van der Waals surface area (Å²) in [6.45, 7) is 0.271. The first-order chi connectivity index (χ1) is 8.98. The third-order valence-corrected chi connectivity index (χ3v) is 5.34. The molecule has 0 amide bonds. The van der Waals surface area contributed by atoms with Gasteiger partial charge in [-0.2, -0.15) is 4.31 Å². The highest BCUT2D eigenvalue weighted by atomic mass is 35.5. The van der Waals surface area contributed by atoms with Gasteiger partial charge in [-0.15, -0.1) is 0 Å². The van der Waals surface area contributed by atoms with Gasteiger partial charge in [-0.25, -0.2) is 13.4 Å². The normalized spacial score (nSPS) is 20.4. The van der Waals surface area contributed by atoms with E-state index < -0.39 is 22.0 Å². The first-order valence-corrected chi connectivity index (χ1v) is 7.50.